The van der Waals surface area contributed by atoms with Crippen LogP contribution in [-0.2, 0) is 0 Å². The molecular formula is C33H31Cl2N3O5. The van der Waals surface area contributed by atoms with Gasteiger partial charge in [-0.3, -0.25) is 9.59 Å². The van der Waals surface area contributed by atoms with Gasteiger partial charge in [-0.1, -0.05) is 60.1 Å². The van der Waals surface area contributed by atoms with E-state index in [9.17, 15) is 14.7 Å². The smallest absolute Gasteiger partial charge is 0.259 e. The van der Waals surface area contributed by atoms with Gasteiger partial charge in [0.15, 0.2) is 0 Å². The summed E-state index contributed by atoms with van der Waals surface area (Å²) in [6, 6.07) is 27.1. The van der Waals surface area contributed by atoms with E-state index >= 15 is 0 Å². The number of aromatic hydroxyl groups is 1. The molecule has 0 aliphatic rings. The fourth-order valence-corrected chi connectivity index (χ4v) is 4.72. The number of halogens is 2. The van der Waals surface area contributed by atoms with Gasteiger partial charge in [-0.25, -0.2) is 0 Å². The summed E-state index contributed by atoms with van der Waals surface area (Å²) in [7, 11) is 0. The second-order valence-electron chi connectivity index (χ2n) is 9.60. The van der Waals surface area contributed by atoms with Crippen molar-refractivity contribution in [1.82, 2.24) is 5.32 Å². The fourth-order valence-electron chi connectivity index (χ4n) is 4.55. The van der Waals surface area contributed by atoms with Crippen molar-refractivity contribution in [3.63, 3.8) is 0 Å². The number of carbonyl (C=O) groups excluding carboxylic acids is 2. The molecule has 5 aromatic carbocycles. The van der Waals surface area contributed by atoms with Gasteiger partial charge in [0, 0.05) is 24.2 Å². The van der Waals surface area contributed by atoms with E-state index in [0.717, 1.165) is 21.5 Å². The molecule has 0 fully saturated rings. The molecule has 0 aliphatic heterocycles. The van der Waals surface area contributed by atoms with Crippen molar-refractivity contribution in [3.05, 3.63) is 107 Å². The number of anilines is 1. The standard InChI is InChI=1S/C33H30ClN3O5.ClH/c34-25-10-11-28(29(38)20-25)37-33(40)27-17-22-7-2-4-9-24(22)19-31(27)41-14-5-13-36-32(39)26-16-21-6-1-3-8-23(21)18-30(26)42-15-12-35;/h1-4,6-11,16-20,38H,5,12-15,35H2,(H,36,39)(H,37,40);1H. The predicted octanol–water partition coefficient (Wildman–Crippen LogP) is 6.56. The number of fused-ring (bicyclic) bond motifs is 2. The topological polar surface area (TPSA) is 123 Å². The average molecular weight is 621 g/mol. The van der Waals surface area contributed by atoms with Crippen LogP contribution in [0.2, 0.25) is 5.02 Å². The van der Waals surface area contributed by atoms with E-state index < -0.39 is 5.91 Å². The number of carbonyl (C=O) groups is 2. The van der Waals surface area contributed by atoms with Crippen molar-refractivity contribution in [2.45, 2.75) is 6.42 Å². The van der Waals surface area contributed by atoms with Crippen LogP contribution in [0, 0.1) is 0 Å². The lowest BCUT2D eigenvalue weighted by Gasteiger charge is -2.15. The number of phenols is 1. The Bertz CT molecular complexity index is 1760. The van der Waals surface area contributed by atoms with E-state index in [4.69, 9.17) is 26.8 Å². The molecule has 0 aliphatic carbocycles. The van der Waals surface area contributed by atoms with Crippen LogP contribution in [0.1, 0.15) is 27.1 Å². The van der Waals surface area contributed by atoms with Crippen molar-refractivity contribution in [2.24, 2.45) is 5.73 Å². The summed E-state index contributed by atoms with van der Waals surface area (Å²) in [5.41, 5.74) is 6.58. The summed E-state index contributed by atoms with van der Waals surface area (Å²) >= 11 is 5.92. The summed E-state index contributed by atoms with van der Waals surface area (Å²) in [6.45, 7) is 1.22. The molecule has 8 nitrogen and oxygen atoms in total. The summed E-state index contributed by atoms with van der Waals surface area (Å²) in [4.78, 5) is 26.3. The van der Waals surface area contributed by atoms with Crippen molar-refractivity contribution < 1.29 is 24.2 Å². The van der Waals surface area contributed by atoms with Gasteiger partial charge in [-0.15, -0.1) is 12.4 Å². The molecule has 0 aromatic heterocycles. The Balaban J connectivity index is 0.00000423. The summed E-state index contributed by atoms with van der Waals surface area (Å²) in [5, 5.41) is 19.9. The first-order valence-corrected chi connectivity index (χ1v) is 13.9. The minimum Gasteiger partial charge on any atom is -0.506 e. The summed E-state index contributed by atoms with van der Waals surface area (Å²) in [5.74, 6) is 0.0200. The van der Waals surface area contributed by atoms with E-state index in [-0.39, 0.29) is 36.4 Å². The highest BCUT2D eigenvalue weighted by molar-refractivity contribution is 6.30. The molecule has 0 bridgehead atoms. The zero-order valence-electron chi connectivity index (χ0n) is 23.1. The normalized spacial score (nSPS) is 10.7. The Morgan fingerprint density at radius 3 is 1.84 bits per heavy atom. The third-order valence-electron chi connectivity index (χ3n) is 6.63. The second-order valence-corrected chi connectivity index (χ2v) is 10.0. The van der Waals surface area contributed by atoms with E-state index in [2.05, 4.69) is 10.6 Å². The fraction of sp³-hybridized carbons (Fsp3) is 0.152. The number of rotatable bonds is 11. The van der Waals surface area contributed by atoms with Crippen molar-refractivity contribution >= 4 is 63.1 Å². The molecule has 0 spiro atoms. The van der Waals surface area contributed by atoms with Crippen molar-refractivity contribution in [3.8, 4) is 17.2 Å². The van der Waals surface area contributed by atoms with Gasteiger partial charge < -0.3 is 30.9 Å². The molecule has 43 heavy (non-hydrogen) atoms. The number of nitrogens with two attached hydrogens (primary N) is 1. The molecule has 0 radical (unpaired) electrons. The number of benzene rings is 5. The number of ether oxygens (including phenoxy) is 2. The van der Waals surface area contributed by atoms with Crippen molar-refractivity contribution in [2.75, 3.05) is 31.6 Å². The van der Waals surface area contributed by atoms with Crippen molar-refractivity contribution in [1.29, 1.82) is 0 Å². The molecule has 2 amide bonds. The monoisotopic (exact) mass is 619 g/mol. The second kappa shape index (κ2) is 14.6. The number of phenolic OH excluding ortho intramolecular Hbond substituents is 1. The van der Waals surface area contributed by atoms with Crippen LogP contribution >= 0.6 is 24.0 Å². The third kappa shape index (κ3) is 7.67. The summed E-state index contributed by atoms with van der Waals surface area (Å²) in [6.07, 6.45) is 0.490. The first kappa shape index (κ1) is 31.4. The lowest BCUT2D eigenvalue weighted by atomic mass is 10.0. The van der Waals surface area contributed by atoms with Crippen LogP contribution in [0.3, 0.4) is 0 Å². The van der Waals surface area contributed by atoms with Crippen LogP contribution in [0.5, 0.6) is 17.2 Å². The molecule has 10 heteroatoms. The zero-order valence-corrected chi connectivity index (χ0v) is 24.7. The van der Waals surface area contributed by atoms with Crippen LogP contribution in [0.4, 0.5) is 5.69 Å². The zero-order chi connectivity index (χ0) is 29.5. The first-order valence-electron chi connectivity index (χ1n) is 13.5. The van der Waals surface area contributed by atoms with E-state index in [0.29, 0.717) is 53.8 Å². The van der Waals surface area contributed by atoms with Crippen LogP contribution in [-0.4, -0.2) is 43.2 Å². The number of amides is 2. The number of hydrogen-bond acceptors (Lipinski definition) is 6. The highest BCUT2D eigenvalue weighted by Crippen LogP contribution is 2.31. The van der Waals surface area contributed by atoms with Crippen LogP contribution in [0.15, 0.2) is 91.0 Å². The molecule has 0 heterocycles. The molecule has 0 unspecified atom stereocenters. The Kier molecular flexibility index (Phi) is 10.7. The first-order chi connectivity index (χ1) is 20.4. The molecule has 0 saturated carbocycles. The molecule has 0 saturated heterocycles. The lowest BCUT2D eigenvalue weighted by Crippen LogP contribution is -2.26. The minimum atomic E-state index is -0.442. The quantitative estimate of drug-likeness (QED) is 0.0980. The maximum absolute atomic E-state index is 13.2. The van der Waals surface area contributed by atoms with E-state index in [1.165, 1.54) is 12.1 Å². The maximum Gasteiger partial charge on any atom is 0.259 e. The molecular weight excluding hydrogens is 589 g/mol. The van der Waals surface area contributed by atoms with Gasteiger partial charge in [0.25, 0.3) is 11.8 Å². The number of hydrogen-bond donors (Lipinski definition) is 4. The number of nitrogens with one attached hydrogen (secondary N) is 2. The van der Waals surface area contributed by atoms with Gasteiger partial charge in [-0.05, 0) is 64.4 Å². The van der Waals surface area contributed by atoms with Gasteiger partial charge in [0.1, 0.15) is 23.9 Å². The molecule has 5 aromatic rings. The van der Waals surface area contributed by atoms with Gasteiger partial charge >= 0.3 is 0 Å². The molecule has 0 atom stereocenters. The van der Waals surface area contributed by atoms with Gasteiger partial charge in [0.2, 0.25) is 0 Å². The largest absolute Gasteiger partial charge is 0.506 e. The highest BCUT2D eigenvalue weighted by Gasteiger charge is 2.17. The summed E-state index contributed by atoms with van der Waals surface area (Å²) < 4.78 is 11.8. The maximum atomic E-state index is 13.2. The highest BCUT2D eigenvalue weighted by atomic mass is 35.5. The molecule has 222 valence electrons. The molecule has 5 N–H and O–H groups in total. The average Bonchev–Trinajstić information content (AvgIpc) is 3.00. The van der Waals surface area contributed by atoms with Crippen LogP contribution < -0.4 is 25.8 Å². The molecule has 5 rings (SSSR count). The van der Waals surface area contributed by atoms with Gasteiger partial charge in [-0.2, -0.15) is 0 Å². The Hall–Kier alpha value is -4.50. The predicted molar refractivity (Wildman–Crippen MR) is 173 cm³/mol. The SMILES string of the molecule is Cl.NCCOc1cc2ccccc2cc1C(=O)NCCCOc1cc2ccccc2cc1C(=O)Nc1ccc(Cl)cc1O. The Morgan fingerprint density at radius 1 is 0.744 bits per heavy atom. The van der Waals surface area contributed by atoms with E-state index in [1.807, 2.05) is 60.7 Å². The minimum absolute atomic E-state index is 0. The lowest BCUT2D eigenvalue weighted by molar-refractivity contribution is 0.0947. The Labute approximate surface area is 260 Å². The van der Waals surface area contributed by atoms with Gasteiger partial charge in [0.05, 0.1) is 23.4 Å². The third-order valence-corrected chi connectivity index (χ3v) is 6.87. The van der Waals surface area contributed by atoms with Crippen LogP contribution in [0.25, 0.3) is 21.5 Å². The Morgan fingerprint density at radius 2 is 1.28 bits per heavy atom. The van der Waals surface area contributed by atoms with E-state index in [1.54, 1.807) is 18.2 Å².